The molecule has 3 fully saturated rings. The highest BCUT2D eigenvalue weighted by Crippen LogP contribution is 2.39. The monoisotopic (exact) mass is 315 g/mol. The smallest absolute Gasteiger partial charge is 0.317 e. The number of piperidine rings is 1. The second-order valence-corrected chi connectivity index (χ2v) is 7.07. The minimum atomic E-state index is 0.128. The van der Waals surface area contributed by atoms with Gasteiger partial charge < -0.3 is 16.0 Å². The number of nitrogens with two attached hydrogens (primary N) is 1. The minimum absolute atomic E-state index is 0.128. The van der Waals surface area contributed by atoms with Crippen LogP contribution in [0, 0.1) is 5.92 Å². The fourth-order valence-electron chi connectivity index (χ4n) is 3.01. The second kappa shape index (κ2) is 7.82. The summed E-state index contributed by atoms with van der Waals surface area (Å²) in [4.78, 5) is 13.5. The summed E-state index contributed by atoms with van der Waals surface area (Å²) in [6.45, 7) is 2.51. The van der Waals surface area contributed by atoms with Crippen molar-refractivity contribution in [1.29, 1.82) is 0 Å². The van der Waals surface area contributed by atoms with Crippen molar-refractivity contribution >= 4 is 6.03 Å². The Kier molecular flexibility index (Phi) is 5.55. The first-order valence-electron chi connectivity index (χ1n) is 9.06. The molecule has 4 heteroatoms. The molecule has 0 spiro atoms. The van der Waals surface area contributed by atoms with Crippen LogP contribution in [0.4, 0.5) is 4.79 Å². The zero-order valence-electron chi connectivity index (χ0n) is 13.9. The van der Waals surface area contributed by atoms with E-state index in [0.717, 1.165) is 51.2 Å². The molecule has 0 bridgehead atoms. The summed E-state index contributed by atoms with van der Waals surface area (Å²) in [7, 11) is 0. The summed E-state index contributed by atoms with van der Waals surface area (Å²) < 4.78 is 0. The standard InChI is InChI=1S/C10H19N3O.C9H10/c11-7-8-3-5-13(6-4-8)10(14)12-9-1-2-9;1-2-4-8(5-3-1)9-6-7-9/h8-9H,1-7,11H2,(H,12,14);1-5,9H,6-7H2. The van der Waals surface area contributed by atoms with Gasteiger partial charge in [0.05, 0.1) is 0 Å². The van der Waals surface area contributed by atoms with Gasteiger partial charge in [-0.25, -0.2) is 4.79 Å². The van der Waals surface area contributed by atoms with Crippen molar-refractivity contribution in [3.8, 4) is 0 Å². The highest BCUT2D eigenvalue weighted by atomic mass is 16.2. The predicted octanol–water partition coefficient (Wildman–Crippen LogP) is 3.09. The molecule has 23 heavy (non-hydrogen) atoms. The zero-order valence-corrected chi connectivity index (χ0v) is 13.9. The van der Waals surface area contributed by atoms with E-state index in [1.165, 1.54) is 18.4 Å². The largest absolute Gasteiger partial charge is 0.335 e. The van der Waals surface area contributed by atoms with Gasteiger partial charge in [-0.3, -0.25) is 0 Å². The summed E-state index contributed by atoms with van der Waals surface area (Å²) in [6, 6.07) is 11.3. The van der Waals surface area contributed by atoms with Gasteiger partial charge in [-0.1, -0.05) is 30.3 Å². The molecule has 2 saturated carbocycles. The lowest BCUT2D eigenvalue weighted by molar-refractivity contribution is 0.171. The second-order valence-electron chi connectivity index (χ2n) is 7.07. The molecule has 4 nitrogen and oxygen atoms in total. The van der Waals surface area contributed by atoms with E-state index in [1.807, 2.05) is 4.90 Å². The number of benzene rings is 1. The summed E-state index contributed by atoms with van der Waals surface area (Å²) in [5.41, 5.74) is 7.12. The maximum Gasteiger partial charge on any atom is 0.317 e. The van der Waals surface area contributed by atoms with Crippen LogP contribution in [0.3, 0.4) is 0 Å². The number of amides is 2. The van der Waals surface area contributed by atoms with E-state index in [1.54, 1.807) is 0 Å². The van der Waals surface area contributed by atoms with Crippen LogP contribution >= 0.6 is 0 Å². The van der Waals surface area contributed by atoms with Crippen molar-refractivity contribution in [3.63, 3.8) is 0 Å². The van der Waals surface area contributed by atoms with Crippen LogP contribution in [0.25, 0.3) is 0 Å². The maximum absolute atomic E-state index is 11.6. The third-order valence-corrected chi connectivity index (χ3v) is 4.99. The first kappa shape index (κ1) is 16.3. The Morgan fingerprint density at radius 3 is 2.22 bits per heavy atom. The van der Waals surface area contributed by atoms with E-state index >= 15 is 0 Å². The molecule has 1 saturated heterocycles. The van der Waals surface area contributed by atoms with Gasteiger partial charge in [-0.2, -0.15) is 0 Å². The normalized spacial score (nSPS) is 21.3. The van der Waals surface area contributed by atoms with Crippen LogP contribution in [-0.4, -0.2) is 36.6 Å². The number of hydrogen-bond acceptors (Lipinski definition) is 2. The summed E-state index contributed by atoms with van der Waals surface area (Å²) in [6.07, 6.45) is 7.26. The number of nitrogens with zero attached hydrogens (tertiary/aromatic N) is 1. The van der Waals surface area contributed by atoms with Gasteiger partial charge in [0.15, 0.2) is 0 Å². The fraction of sp³-hybridized carbons (Fsp3) is 0.632. The highest BCUT2D eigenvalue weighted by Gasteiger charge is 2.27. The average Bonchev–Trinajstić information content (AvgIpc) is 3.49. The third-order valence-electron chi connectivity index (χ3n) is 4.99. The third kappa shape index (κ3) is 5.24. The van der Waals surface area contributed by atoms with Crippen molar-refractivity contribution < 1.29 is 4.79 Å². The van der Waals surface area contributed by atoms with E-state index < -0.39 is 0 Å². The molecule has 0 aromatic heterocycles. The number of hydrogen-bond donors (Lipinski definition) is 2. The molecule has 2 aliphatic carbocycles. The number of urea groups is 1. The van der Waals surface area contributed by atoms with Crippen molar-refractivity contribution in [2.75, 3.05) is 19.6 Å². The van der Waals surface area contributed by atoms with E-state index in [9.17, 15) is 4.79 Å². The van der Waals surface area contributed by atoms with Gasteiger partial charge in [-0.05, 0) is 62.5 Å². The Morgan fingerprint density at radius 2 is 1.70 bits per heavy atom. The molecule has 1 aromatic rings. The van der Waals surface area contributed by atoms with Crippen LogP contribution in [0.5, 0.6) is 0 Å². The Bertz CT molecular complexity index is 489. The van der Waals surface area contributed by atoms with Crippen LogP contribution in [0.1, 0.15) is 50.0 Å². The zero-order chi connectivity index (χ0) is 16.1. The van der Waals surface area contributed by atoms with Crippen molar-refractivity contribution in [2.45, 2.75) is 50.5 Å². The lowest BCUT2D eigenvalue weighted by atomic mass is 9.97. The van der Waals surface area contributed by atoms with E-state index in [4.69, 9.17) is 5.73 Å². The van der Waals surface area contributed by atoms with E-state index in [-0.39, 0.29) is 6.03 Å². The van der Waals surface area contributed by atoms with Gasteiger partial charge in [-0.15, -0.1) is 0 Å². The molecule has 0 atom stereocenters. The molecule has 0 unspecified atom stereocenters. The van der Waals surface area contributed by atoms with Gasteiger partial charge >= 0.3 is 6.03 Å². The Balaban J connectivity index is 0.000000149. The van der Waals surface area contributed by atoms with Gasteiger partial charge in [0.2, 0.25) is 0 Å². The molecule has 2 amide bonds. The van der Waals surface area contributed by atoms with Gasteiger partial charge in [0.1, 0.15) is 0 Å². The molecule has 1 aromatic carbocycles. The molecule has 0 radical (unpaired) electrons. The fourth-order valence-corrected chi connectivity index (χ4v) is 3.01. The highest BCUT2D eigenvalue weighted by molar-refractivity contribution is 5.74. The Hall–Kier alpha value is -1.55. The predicted molar refractivity (Wildman–Crippen MR) is 93.3 cm³/mol. The molecule has 3 N–H and O–H groups in total. The van der Waals surface area contributed by atoms with Crippen LogP contribution in [0.2, 0.25) is 0 Å². The lowest BCUT2D eigenvalue weighted by Gasteiger charge is -2.31. The van der Waals surface area contributed by atoms with Crippen LogP contribution in [0.15, 0.2) is 30.3 Å². The average molecular weight is 315 g/mol. The van der Waals surface area contributed by atoms with Gasteiger partial charge in [0.25, 0.3) is 0 Å². The molecule has 1 aliphatic heterocycles. The number of likely N-dealkylation sites (tertiary alicyclic amines) is 1. The Morgan fingerprint density at radius 1 is 1.04 bits per heavy atom. The summed E-state index contributed by atoms with van der Waals surface area (Å²) >= 11 is 0. The number of carbonyl (C=O) groups is 1. The minimum Gasteiger partial charge on any atom is -0.335 e. The van der Waals surface area contributed by atoms with E-state index in [2.05, 4.69) is 35.6 Å². The van der Waals surface area contributed by atoms with Crippen molar-refractivity contribution in [2.24, 2.45) is 11.7 Å². The topological polar surface area (TPSA) is 58.4 Å². The molecule has 3 aliphatic rings. The molecular weight excluding hydrogens is 286 g/mol. The van der Waals surface area contributed by atoms with Crippen LogP contribution in [-0.2, 0) is 0 Å². The summed E-state index contributed by atoms with van der Waals surface area (Å²) in [5, 5.41) is 3.01. The molecular formula is C19H29N3O. The van der Waals surface area contributed by atoms with Crippen molar-refractivity contribution in [1.82, 2.24) is 10.2 Å². The SMILES string of the molecule is NCC1CCN(C(=O)NC2CC2)CC1.c1ccc(C2CC2)cc1. The Labute approximate surface area is 139 Å². The lowest BCUT2D eigenvalue weighted by Crippen LogP contribution is -2.45. The number of nitrogens with one attached hydrogen (secondary N) is 1. The van der Waals surface area contributed by atoms with Crippen LogP contribution < -0.4 is 11.1 Å². The maximum atomic E-state index is 11.6. The molecule has 1 heterocycles. The van der Waals surface area contributed by atoms with E-state index in [0.29, 0.717) is 12.0 Å². The summed E-state index contributed by atoms with van der Waals surface area (Å²) in [5.74, 6) is 1.53. The number of carbonyl (C=O) groups excluding carboxylic acids is 1. The first-order chi connectivity index (χ1) is 11.3. The first-order valence-corrected chi connectivity index (χ1v) is 9.06. The van der Waals surface area contributed by atoms with Crippen molar-refractivity contribution in [3.05, 3.63) is 35.9 Å². The number of rotatable bonds is 3. The molecule has 4 rings (SSSR count). The van der Waals surface area contributed by atoms with Gasteiger partial charge in [0, 0.05) is 19.1 Å². The quantitative estimate of drug-likeness (QED) is 0.900. The molecule has 126 valence electrons.